The van der Waals surface area contributed by atoms with Crippen molar-refractivity contribution in [3.8, 4) is 0 Å². The number of aldehydes is 1. The Morgan fingerprint density at radius 3 is 1.73 bits per heavy atom. The molecular formula is C24H27FO5. The summed E-state index contributed by atoms with van der Waals surface area (Å²) in [5.74, 6) is -2.02. The van der Waals surface area contributed by atoms with E-state index >= 15 is 0 Å². The summed E-state index contributed by atoms with van der Waals surface area (Å²) >= 11 is 0. The maximum absolute atomic E-state index is 14.2. The Hall–Kier alpha value is -3.02. The second-order valence-corrected chi connectivity index (χ2v) is 7.78. The number of hydrogen-bond donors (Lipinski definition) is 0. The number of rotatable bonds is 8. The van der Waals surface area contributed by atoms with E-state index in [0.29, 0.717) is 5.56 Å². The minimum absolute atomic E-state index is 0.0850. The van der Waals surface area contributed by atoms with Gasteiger partial charge in [0.1, 0.15) is 6.10 Å². The van der Waals surface area contributed by atoms with Crippen molar-refractivity contribution in [2.75, 3.05) is 6.61 Å². The van der Waals surface area contributed by atoms with Crippen LogP contribution in [0.1, 0.15) is 49.9 Å². The van der Waals surface area contributed by atoms with Gasteiger partial charge in [-0.25, -0.2) is 14.0 Å². The van der Waals surface area contributed by atoms with Gasteiger partial charge in [-0.05, 0) is 52.0 Å². The molecule has 2 aromatic rings. The molecule has 0 spiro atoms. The molecule has 3 atom stereocenters. The van der Waals surface area contributed by atoms with E-state index < -0.39 is 30.1 Å². The summed E-state index contributed by atoms with van der Waals surface area (Å²) in [7, 11) is 0. The van der Waals surface area contributed by atoms with E-state index in [-0.39, 0.29) is 18.5 Å². The molecule has 0 aliphatic carbocycles. The first-order valence-corrected chi connectivity index (χ1v) is 9.74. The second-order valence-electron chi connectivity index (χ2n) is 7.78. The van der Waals surface area contributed by atoms with Crippen molar-refractivity contribution in [2.24, 2.45) is 5.92 Å². The number of alkyl halides is 1. The van der Waals surface area contributed by atoms with Crippen molar-refractivity contribution < 1.29 is 28.2 Å². The van der Waals surface area contributed by atoms with Gasteiger partial charge in [0.25, 0.3) is 0 Å². The third-order valence-electron chi connectivity index (χ3n) is 4.64. The van der Waals surface area contributed by atoms with E-state index in [4.69, 9.17) is 9.47 Å². The van der Waals surface area contributed by atoms with E-state index in [1.54, 1.807) is 31.2 Å². The Labute approximate surface area is 176 Å². The lowest BCUT2D eigenvalue weighted by Gasteiger charge is -2.24. The van der Waals surface area contributed by atoms with Crippen molar-refractivity contribution in [3.63, 3.8) is 0 Å². The number of carbonyl (C=O) groups is 3. The number of carbonyl (C=O) groups excluding carboxylic acids is 3. The van der Waals surface area contributed by atoms with Crippen LogP contribution in [0.5, 0.6) is 0 Å². The van der Waals surface area contributed by atoms with E-state index in [1.165, 1.54) is 0 Å². The molecule has 2 aromatic carbocycles. The topological polar surface area (TPSA) is 69.7 Å². The van der Waals surface area contributed by atoms with Gasteiger partial charge in [-0.2, -0.15) is 0 Å². The van der Waals surface area contributed by atoms with Crippen molar-refractivity contribution in [2.45, 2.75) is 46.9 Å². The lowest BCUT2D eigenvalue weighted by atomic mass is 10.0. The van der Waals surface area contributed by atoms with Gasteiger partial charge in [0.05, 0.1) is 17.7 Å². The molecule has 5 nitrogen and oxygen atoms in total. The number of aryl methyl sites for hydroxylation is 4. The molecule has 0 bridgehead atoms. The zero-order valence-corrected chi connectivity index (χ0v) is 17.9. The molecule has 0 aliphatic heterocycles. The zero-order chi connectivity index (χ0) is 22.4. The first-order chi connectivity index (χ1) is 14.1. The lowest BCUT2D eigenvalue weighted by Crippen LogP contribution is -2.37. The molecule has 0 N–H and O–H groups in total. The molecule has 0 aliphatic rings. The van der Waals surface area contributed by atoms with Crippen LogP contribution >= 0.6 is 0 Å². The van der Waals surface area contributed by atoms with Gasteiger partial charge in [-0.15, -0.1) is 0 Å². The second kappa shape index (κ2) is 10.1. The fourth-order valence-electron chi connectivity index (χ4n) is 3.33. The maximum atomic E-state index is 14.2. The van der Waals surface area contributed by atoms with Crippen LogP contribution in [0.4, 0.5) is 4.39 Å². The molecular weight excluding hydrogens is 387 g/mol. The Morgan fingerprint density at radius 2 is 1.30 bits per heavy atom. The van der Waals surface area contributed by atoms with Crippen LogP contribution in [0.15, 0.2) is 36.4 Å². The Balaban J connectivity index is 2.09. The van der Waals surface area contributed by atoms with Gasteiger partial charge in [0.2, 0.25) is 0 Å². The quantitative estimate of drug-likeness (QED) is 0.471. The van der Waals surface area contributed by atoms with Crippen molar-refractivity contribution in [1.82, 2.24) is 0 Å². The highest BCUT2D eigenvalue weighted by Gasteiger charge is 2.32. The van der Waals surface area contributed by atoms with Gasteiger partial charge in [-0.1, -0.05) is 41.3 Å². The first kappa shape index (κ1) is 23.3. The van der Waals surface area contributed by atoms with Gasteiger partial charge in [-0.3, -0.25) is 4.79 Å². The molecule has 0 saturated heterocycles. The molecule has 0 amide bonds. The molecule has 0 radical (unpaired) electrons. The van der Waals surface area contributed by atoms with Crippen LogP contribution in [0.25, 0.3) is 0 Å². The zero-order valence-electron chi connectivity index (χ0n) is 17.9. The highest BCUT2D eigenvalue weighted by Crippen LogP contribution is 2.19. The summed E-state index contributed by atoms with van der Waals surface area (Å²) in [4.78, 5) is 35.9. The summed E-state index contributed by atoms with van der Waals surface area (Å²) in [5.41, 5.74) is 4.22. The molecule has 0 heterocycles. The Bertz CT molecular complexity index is 897. The van der Waals surface area contributed by atoms with Crippen molar-refractivity contribution >= 4 is 18.2 Å². The molecule has 160 valence electrons. The molecule has 30 heavy (non-hydrogen) atoms. The molecule has 0 aromatic heterocycles. The lowest BCUT2D eigenvalue weighted by molar-refractivity contribution is -0.117. The number of halogens is 1. The summed E-state index contributed by atoms with van der Waals surface area (Å²) in [5, 5.41) is 0. The predicted octanol–water partition coefficient (Wildman–Crippen LogP) is 4.48. The van der Waals surface area contributed by atoms with Crippen LogP contribution in [0, 0.1) is 33.6 Å². The monoisotopic (exact) mass is 414 g/mol. The highest BCUT2D eigenvalue weighted by molar-refractivity contribution is 5.90. The number of esters is 2. The SMILES string of the molecule is Cc1cc(C)cc(C(=O)OC[C@H](C)[C@@H](OC(=O)c2cc(C)cc(C)c2)[C@H](F)C=O)c1. The van der Waals surface area contributed by atoms with Crippen LogP contribution in [0.2, 0.25) is 0 Å². The highest BCUT2D eigenvalue weighted by atomic mass is 19.1. The molecule has 0 saturated carbocycles. The third kappa shape index (κ3) is 6.24. The number of benzene rings is 2. The van der Waals surface area contributed by atoms with Crippen LogP contribution < -0.4 is 0 Å². The Kier molecular flexibility index (Phi) is 7.86. The average molecular weight is 414 g/mol. The van der Waals surface area contributed by atoms with Gasteiger partial charge >= 0.3 is 11.9 Å². The normalized spacial score (nSPS) is 13.8. The predicted molar refractivity (Wildman–Crippen MR) is 111 cm³/mol. The van der Waals surface area contributed by atoms with Crippen molar-refractivity contribution in [1.29, 1.82) is 0 Å². The molecule has 0 unspecified atom stereocenters. The number of ether oxygens (including phenoxy) is 2. The van der Waals surface area contributed by atoms with E-state index in [2.05, 4.69) is 0 Å². The summed E-state index contributed by atoms with van der Waals surface area (Å²) in [6.07, 6.45) is -3.32. The maximum Gasteiger partial charge on any atom is 0.338 e. The fourth-order valence-corrected chi connectivity index (χ4v) is 3.33. The summed E-state index contributed by atoms with van der Waals surface area (Å²) < 4.78 is 24.8. The van der Waals surface area contributed by atoms with E-state index in [1.807, 2.05) is 39.8 Å². The molecule has 0 fully saturated rings. The standard InChI is InChI=1S/C24H27FO5/c1-14-6-15(2)9-19(8-14)23(27)29-13-18(5)22(21(25)12-26)30-24(28)20-10-16(3)7-17(4)11-20/h6-12,18,21-22H,13H2,1-5H3/t18-,21+,22+/m0/s1. The molecule has 6 heteroatoms. The van der Waals surface area contributed by atoms with Gasteiger partial charge < -0.3 is 9.47 Å². The minimum atomic E-state index is -2.03. The van der Waals surface area contributed by atoms with E-state index in [9.17, 15) is 18.8 Å². The fraction of sp³-hybridized carbons (Fsp3) is 0.375. The number of hydrogen-bond acceptors (Lipinski definition) is 5. The minimum Gasteiger partial charge on any atom is -0.462 e. The van der Waals surface area contributed by atoms with Crippen LogP contribution in [-0.2, 0) is 14.3 Å². The van der Waals surface area contributed by atoms with E-state index in [0.717, 1.165) is 22.3 Å². The van der Waals surface area contributed by atoms with Gasteiger partial charge in [0.15, 0.2) is 12.5 Å². The average Bonchev–Trinajstić information content (AvgIpc) is 2.67. The first-order valence-electron chi connectivity index (χ1n) is 9.74. The smallest absolute Gasteiger partial charge is 0.338 e. The largest absolute Gasteiger partial charge is 0.462 e. The van der Waals surface area contributed by atoms with Gasteiger partial charge in [0, 0.05) is 5.92 Å². The van der Waals surface area contributed by atoms with Crippen LogP contribution in [0.3, 0.4) is 0 Å². The third-order valence-corrected chi connectivity index (χ3v) is 4.64. The van der Waals surface area contributed by atoms with Crippen molar-refractivity contribution in [3.05, 3.63) is 69.8 Å². The Morgan fingerprint density at radius 1 is 0.867 bits per heavy atom. The van der Waals surface area contributed by atoms with Crippen LogP contribution in [-0.4, -0.2) is 37.1 Å². The summed E-state index contributed by atoms with van der Waals surface area (Å²) in [6, 6.07) is 10.5. The molecule has 2 rings (SSSR count). The summed E-state index contributed by atoms with van der Waals surface area (Å²) in [6.45, 7) is 8.76.